The Bertz CT molecular complexity index is 229. The first-order chi connectivity index (χ1) is 8.85. The van der Waals surface area contributed by atoms with Crippen molar-refractivity contribution >= 4 is 11.8 Å². The molecule has 0 aromatic heterocycles. The molecular formula is C15H30N2S. The van der Waals surface area contributed by atoms with Gasteiger partial charge in [-0.3, -0.25) is 4.90 Å². The van der Waals surface area contributed by atoms with Crippen molar-refractivity contribution in [2.75, 3.05) is 31.6 Å². The number of nitrogens with zero attached hydrogens (tertiary/aromatic N) is 1. The summed E-state index contributed by atoms with van der Waals surface area (Å²) in [7, 11) is 0. The topological polar surface area (TPSA) is 15.3 Å². The fourth-order valence-corrected chi connectivity index (χ4v) is 4.04. The summed E-state index contributed by atoms with van der Waals surface area (Å²) in [5.41, 5.74) is 0. The number of rotatable bonds is 5. The average molecular weight is 270 g/mol. The van der Waals surface area contributed by atoms with Crippen molar-refractivity contribution < 1.29 is 0 Å². The molecule has 3 heteroatoms. The molecule has 1 heterocycles. The van der Waals surface area contributed by atoms with E-state index in [2.05, 4.69) is 23.4 Å². The summed E-state index contributed by atoms with van der Waals surface area (Å²) in [5, 5.41) is 3.77. The lowest BCUT2D eigenvalue weighted by Gasteiger charge is -2.45. The number of hydrogen-bond acceptors (Lipinski definition) is 3. The van der Waals surface area contributed by atoms with Crippen LogP contribution in [0.15, 0.2) is 0 Å². The minimum absolute atomic E-state index is 0.728. The third kappa shape index (κ3) is 3.88. The van der Waals surface area contributed by atoms with Gasteiger partial charge in [-0.2, -0.15) is 11.8 Å². The molecule has 2 fully saturated rings. The zero-order chi connectivity index (χ0) is 12.8. The highest BCUT2D eigenvalue weighted by molar-refractivity contribution is 7.98. The van der Waals surface area contributed by atoms with Crippen molar-refractivity contribution in [1.29, 1.82) is 0 Å². The van der Waals surface area contributed by atoms with Gasteiger partial charge in [-0.05, 0) is 31.4 Å². The Kier molecular flexibility index (Phi) is 6.33. The molecule has 2 unspecified atom stereocenters. The minimum atomic E-state index is 0.728. The standard InChI is InChI=1S/C15H30N2S/c1-3-14-12-17(9-10-18-2)15(11-16-14)13-7-5-4-6-8-13/h13-16H,3-12H2,1-2H3. The normalized spacial score (nSPS) is 31.7. The Balaban J connectivity index is 1.92. The molecule has 1 saturated heterocycles. The van der Waals surface area contributed by atoms with E-state index in [0.717, 1.165) is 18.0 Å². The molecule has 0 radical (unpaired) electrons. The summed E-state index contributed by atoms with van der Waals surface area (Å²) >= 11 is 1.99. The molecule has 0 spiro atoms. The van der Waals surface area contributed by atoms with Gasteiger partial charge in [0, 0.05) is 37.5 Å². The van der Waals surface area contributed by atoms with Crippen molar-refractivity contribution in [3.05, 3.63) is 0 Å². The summed E-state index contributed by atoms with van der Waals surface area (Å²) in [6.07, 6.45) is 10.8. The SMILES string of the molecule is CCC1CN(CCSC)C(C2CCCCC2)CN1. The third-order valence-corrected chi connectivity index (χ3v) is 5.40. The van der Waals surface area contributed by atoms with Gasteiger partial charge in [-0.25, -0.2) is 0 Å². The molecule has 1 aliphatic heterocycles. The quantitative estimate of drug-likeness (QED) is 0.827. The van der Waals surface area contributed by atoms with E-state index in [-0.39, 0.29) is 0 Å². The first kappa shape index (κ1) is 14.7. The van der Waals surface area contributed by atoms with Gasteiger partial charge in [-0.1, -0.05) is 26.2 Å². The van der Waals surface area contributed by atoms with E-state index in [9.17, 15) is 0 Å². The molecule has 2 aliphatic rings. The molecule has 1 N–H and O–H groups in total. The van der Waals surface area contributed by atoms with Crippen molar-refractivity contribution in [3.8, 4) is 0 Å². The lowest BCUT2D eigenvalue weighted by molar-refractivity contribution is 0.0768. The fourth-order valence-electron chi connectivity index (χ4n) is 3.62. The zero-order valence-electron chi connectivity index (χ0n) is 12.2. The van der Waals surface area contributed by atoms with Crippen molar-refractivity contribution in [2.45, 2.75) is 57.5 Å². The lowest BCUT2D eigenvalue weighted by Crippen LogP contribution is -2.59. The summed E-state index contributed by atoms with van der Waals surface area (Å²) in [6.45, 7) is 6.11. The van der Waals surface area contributed by atoms with Gasteiger partial charge < -0.3 is 5.32 Å². The predicted octanol–water partition coefficient (Wildman–Crippen LogP) is 2.98. The molecule has 0 bridgehead atoms. The van der Waals surface area contributed by atoms with Crippen LogP contribution in [0.1, 0.15) is 45.4 Å². The summed E-state index contributed by atoms with van der Waals surface area (Å²) < 4.78 is 0. The van der Waals surface area contributed by atoms with Gasteiger partial charge in [0.25, 0.3) is 0 Å². The average Bonchev–Trinajstić information content (AvgIpc) is 2.45. The van der Waals surface area contributed by atoms with E-state index in [4.69, 9.17) is 0 Å². The smallest absolute Gasteiger partial charge is 0.0249 e. The second kappa shape index (κ2) is 7.76. The van der Waals surface area contributed by atoms with Crippen molar-refractivity contribution in [2.24, 2.45) is 5.92 Å². The first-order valence-electron chi connectivity index (χ1n) is 7.81. The van der Waals surface area contributed by atoms with Gasteiger partial charge in [0.2, 0.25) is 0 Å². The van der Waals surface area contributed by atoms with E-state index in [1.807, 2.05) is 11.8 Å². The maximum absolute atomic E-state index is 3.77. The monoisotopic (exact) mass is 270 g/mol. The van der Waals surface area contributed by atoms with Crippen LogP contribution in [0.3, 0.4) is 0 Å². The maximum Gasteiger partial charge on any atom is 0.0249 e. The molecule has 2 rings (SSSR count). The van der Waals surface area contributed by atoms with Crippen LogP contribution in [-0.2, 0) is 0 Å². The van der Waals surface area contributed by atoms with Crippen molar-refractivity contribution in [1.82, 2.24) is 10.2 Å². The largest absolute Gasteiger partial charge is 0.311 e. The number of nitrogens with one attached hydrogen (secondary N) is 1. The third-order valence-electron chi connectivity index (χ3n) is 4.81. The van der Waals surface area contributed by atoms with Crippen LogP contribution in [-0.4, -0.2) is 48.6 Å². The minimum Gasteiger partial charge on any atom is -0.311 e. The predicted molar refractivity (Wildman–Crippen MR) is 82.4 cm³/mol. The number of piperazine rings is 1. The van der Waals surface area contributed by atoms with Crippen LogP contribution < -0.4 is 5.32 Å². The Morgan fingerprint density at radius 2 is 2.00 bits per heavy atom. The zero-order valence-corrected chi connectivity index (χ0v) is 13.0. The molecule has 106 valence electrons. The van der Waals surface area contributed by atoms with Crippen LogP contribution >= 0.6 is 11.8 Å². The molecule has 1 saturated carbocycles. The molecular weight excluding hydrogens is 240 g/mol. The van der Waals surface area contributed by atoms with Gasteiger partial charge in [-0.15, -0.1) is 0 Å². The highest BCUT2D eigenvalue weighted by Gasteiger charge is 2.32. The molecule has 2 atom stereocenters. The van der Waals surface area contributed by atoms with Gasteiger partial charge in [0.1, 0.15) is 0 Å². The second-order valence-electron chi connectivity index (χ2n) is 5.97. The van der Waals surface area contributed by atoms with Crippen LogP contribution in [0.5, 0.6) is 0 Å². The molecule has 0 amide bonds. The van der Waals surface area contributed by atoms with Crippen LogP contribution in [0.4, 0.5) is 0 Å². The molecule has 0 aromatic carbocycles. The van der Waals surface area contributed by atoms with Gasteiger partial charge in [0.15, 0.2) is 0 Å². The fraction of sp³-hybridized carbons (Fsp3) is 1.00. The second-order valence-corrected chi connectivity index (χ2v) is 6.95. The first-order valence-corrected chi connectivity index (χ1v) is 9.21. The Morgan fingerprint density at radius 1 is 1.22 bits per heavy atom. The molecule has 1 aliphatic carbocycles. The van der Waals surface area contributed by atoms with Gasteiger partial charge in [0.05, 0.1) is 0 Å². The van der Waals surface area contributed by atoms with Crippen LogP contribution in [0.25, 0.3) is 0 Å². The van der Waals surface area contributed by atoms with E-state index in [1.165, 1.54) is 63.9 Å². The molecule has 18 heavy (non-hydrogen) atoms. The van der Waals surface area contributed by atoms with Crippen LogP contribution in [0.2, 0.25) is 0 Å². The molecule has 2 nitrogen and oxygen atoms in total. The van der Waals surface area contributed by atoms with Crippen LogP contribution in [0, 0.1) is 5.92 Å². The van der Waals surface area contributed by atoms with E-state index >= 15 is 0 Å². The summed E-state index contributed by atoms with van der Waals surface area (Å²) in [4.78, 5) is 2.80. The lowest BCUT2D eigenvalue weighted by atomic mass is 9.82. The Labute approximate surface area is 117 Å². The Morgan fingerprint density at radius 3 is 2.67 bits per heavy atom. The maximum atomic E-state index is 3.77. The van der Waals surface area contributed by atoms with Crippen molar-refractivity contribution in [3.63, 3.8) is 0 Å². The summed E-state index contributed by atoms with van der Waals surface area (Å²) in [5.74, 6) is 2.26. The molecule has 0 aromatic rings. The highest BCUT2D eigenvalue weighted by Crippen LogP contribution is 2.30. The number of thioether (sulfide) groups is 1. The van der Waals surface area contributed by atoms with E-state index in [1.54, 1.807) is 0 Å². The summed E-state index contributed by atoms with van der Waals surface area (Å²) in [6, 6.07) is 1.55. The number of hydrogen-bond donors (Lipinski definition) is 1. The highest BCUT2D eigenvalue weighted by atomic mass is 32.2. The van der Waals surface area contributed by atoms with E-state index < -0.39 is 0 Å². The van der Waals surface area contributed by atoms with Gasteiger partial charge >= 0.3 is 0 Å². The van der Waals surface area contributed by atoms with E-state index in [0.29, 0.717) is 0 Å². The Hall–Kier alpha value is 0.270.